The third kappa shape index (κ3) is 1.95. The Morgan fingerprint density at radius 3 is 2.79 bits per heavy atom. The van der Waals surface area contributed by atoms with Gasteiger partial charge in [-0.1, -0.05) is 0 Å². The molecule has 1 aliphatic rings. The number of halogens is 1. The quantitative estimate of drug-likeness (QED) is 0.600. The van der Waals surface area contributed by atoms with Gasteiger partial charge in [0.2, 0.25) is 0 Å². The molecule has 1 aromatic carbocycles. The maximum atomic E-state index is 13.6. The minimum atomic E-state index is -0.669. The molecule has 98 valence electrons. The molecule has 0 aliphatic carbocycles. The van der Waals surface area contributed by atoms with Crippen molar-refractivity contribution in [1.82, 2.24) is 8.88 Å². The Labute approximate surface area is 113 Å². The maximum absolute atomic E-state index is 13.6. The van der Waals surface area contributed by atoms with Gasteiger partial charge in [-0.15, -0.1) is 0 Å². The number of piperidine rings is 1. The topological polar surface area (TPSA) is 68.2 Å². The van der Waals surface area contributed by atoms with E-state index in [-0.39, 0.29) is 17.9 Å². The Bertz CT molecular complexity index is 749. The van der Waals surface area contributed by atoms with Gasteiger partial charge in [-0.25, -0.2) is 0 Å². The first-order valence-electron chi connectivity index (χ1n) is 5.71. The molecular formula is C12H9FN2O3Se. The zero-order valence-corrected chi connectivity index (χ0v) is 11.4. The SMILES string of the molecule is O=C1CCC(n2[se]c3c(F)cccc3c2=O)C(=O)N1. The van der Waals surface area contributed by atoms with Crippen LogP contribution in [-0.2, 0) is 9.59 Å². The van der Waals surface area contributed by atoms with Crippen molar-refractivity contribution in [2.75, 3.05) is 0 Å². The number of nitrogens with one attached hydrogen (secondary N) is 1. The number of imide groups is 1. The van der Waals surface area contributed by atoms with Crippen LogP contribution < -0.4 is 10.9 Å². The molecule has 1 aliphatic heterocycles. The number of carbonyl (C=O) groups is 2. The van der Waals surface area contributed by atoms with E-state index in [9.17, 15) is 18.8 Å². The van der Waals surface area contributed by atoms with Gasteiger partial charge < -0.3 is 0 Å². The summed E-state index contributed by atoms with van der Waals surface area (Å²) in [6.07, 6.45) is 0.503. The number of hydrogen-bond donors (Lipinski definition) is 1. The van der Waals surface area contributed by atoms with Crippen molar-refractivity contribution in [2.45, 2.75) is 18.9 Å². The molecule has 1 fully saturated rings. The summed E-state index contributed by atoms with van der Waals surface area (Å²) >= 11 is -0.555. The minimum absolute atomic E-state index is 0.203. The van der Waals surface area contributed by atoms with Crippen LogP contribution in [0.15, 0.2) is 23.0 Å². The fraction of sp³-hybridized carbons (Fsp3) is 0.250. The summed E-state index contributed by atoms with van der Waals surface area (Å²) in [5, 5.41) is 2.54. The third-order valence-corrected chi connectivity index (χ3v) is 5.63. The van der Waals surface area contributed by atoms with Crippen molar-refractivity contribution in [1.29, 1.82) is 0 Å². The van der Waals surface area contributed by atoms with Crippen molar-refractivity contribution in [3.8, 4) is 0 Å². The van der Waals surface area contributed by atoms with Gasteiger partial charge in [0.25, 0.3) is 0 Å². The normalized spacial score (nSPS) is 19.7. The number of hydrogen-bond acceptors (Lipinski definition) is 3. The summed E-state index contributed by atoms with van der Waals surface area (Å²) in [5.74, 6) is -1.22. The monoisotopic (exact) mass is 328 g/mol. The second kappa shape index (κ2) is 4.43. The Hall–Kier alpha value is -1.72. The van der Waals surface area contributed by atoms with E-state index < -0.39 is 32.5 Å². The van der Waals surface area contributed by atoms with Crippen molar-refractivity contribution in [2.24, 2.45) is 0 Å². The van der Waals surface area contributed by atoms with E-state index in [2.05, 4.69) is 5.32 Å². The average molecular weight is 327 g/mol. The Balaban J connectivity index is 2.13. The van der Waals surface area contributed by atoms with Gasteiger partial charge in [-0.3, -0.25) is 0 Å². The van der Waals surface area contributed by atoms with E-state index in [1.54, 1.807) is 6.07 Å². The number of nitrogens with zero attached hydrogens (tertiary/aromatic N) is 1. The van der Waals surface area contributed by atoms with Gasteiger partial charge in [-0.2, -0.15) is 0 Å². The van der Waals surface area contributed by atoms with Crippen LogP contribution in [0.1, 0.15) is 18.9 Å². The van der Waals surface area contributed by atoms with Crippen molar-refractivity contribution >= 4 is 36.2 Å². The van der Waals surface area contributed by atoms with Crippen LogP contribution in [0.4, 0.5) is 4.39 Å². The first kappa shape index (κ1) is 12.3. The van der Waals surface area contributed by atoms with Gasteiger partial charge in [-0.05, 0) is 0 Å². The van der Waals surface area contributed by atoms with E-state index in [4.69, 9.17) is 0 Å². The van der Waals surface area contributed by atoms with Gasteiger partial charge >= 0.3 is 112 Å². The van der Waals surface area contributed by atoms with Gasteiger partial charge in [0.05, 0.1) is 0 Å². The molecule has 1 N–H and O–H groups in total. The van der Waals surface area contributed by atoms with Gasteiger partial charge in [0.15, 0.2) is 0 Å². The molecule has 7 heteroatoms. The van der Waals surface area contributed by atoms with Gasteiger partial charge in [0, 0.05) is 0 Å². The fourth-order valence-electron chi connectivity index (χ4n) is 2.14. The Morgan fingerprint density at radius 1 is 1.32 bits per heavy atom. The molecule has 1 unspecified atom stereocenters. The van der Waals surface area contributed by atoms with E-state index in [0.717, 1.165) is 0 Å². The predicted molar refractivity (Wildman–Crippen MR) is 66.5 cm³/mol. The molecule has 19 heavy (non-hydrogen) atoms. The van der Waals surface area contributed by atoms with Crippen molar-refractivity contribution in [3.05, 3.63) is 34.4 Å². The molecule has 0 saturated carbocycles. The van der Waals surface area contributed by atoms with Gasteiger partial charge in [0.1, 0.15) is 0 Å². The fourth-order valence-corrected chi connectivity index (χ4v) is 4.48. The van der Waals surface area contributed by atoms with Crippen molar-refractivity contribution in [3.63, 3.8) is 0 Å². The van der Waals surface area contributed by atoms with Crippen LogP contribution in [0.25, 0.3) is 9.65 Å². The third-order valence-electron chi connectivity index (χ3n) is 3.08. The molecule has 2 amide bonds. The van der Waals surface area contributed by atoms with E-state index in [1.807, 2.05) is 0 Å². The first-order chi connectivity index (χ1) is 9.08. The number of rotatable bonds is 1. The Kier molecular flexibility index (Phi) is 2.87. The van der Waals surface area contributed by atoms with Crippen LogP contribution in [0, 0.1) is 5.82 Å². The molecule has 1 atom stereocenters. The first-order valence-corrected chi connectivity index (χ1v) is 7.34. The number of benzene rings is 1. The zero-order chi connectivity index (χ0) is 13.6. The second-order valence-corrected chi connectivity index (χ2v) is 6.37. The molecule has 0 bridgehead atoms. The number of fused-ring (bicyclic) bond motifs is 1. The number of carbonyl (C=O) groups excluding carboxylic acids is 2. The molecule has 0 spiro atoms. The van der Waals surface area contributed by atoms with E-state index >= 15 is 0 Å². The molecule has 0 radical (unpaired) electrons. The van der Waals surface area contributed by atoms with Crippen LogP contribution in [-0.4, -0.2) is 30.1 Å². The summed E-state index contributed by atoms with van der Waals surface area (Å²) < 4.78 is 15.4. The molecule has 3 rings (SSSR count). The molecular weight excluding hydrogens is 318 g/mol. The average Bonchev–Trinajstić information content (AvgIpc) is 2.69. The standard InChI is InChI=1S/C12H9FN2O3Se/c13-7-3-1-2-6-10(7)19-15(12(6)18)8-4-5-9(16)14-11(8)17/h1-3,8H,4-5H2,(H,14,16,17). The van der Waals surface area contributed by atoms with Crippen LogP contribution in [0.3, 0.4) is 0 Å². The molecule has 5 nitrogen and oxygen atoms in total. The van der Waals surface area contributed by atoms with Crippen molar-refractivity contribution < 1.29 is 14.0 Å². The second-order valence-electron chi connectivity index (χ2n) is 4.31. The van der Waals surface area contributed by atoms with Crippen LogP contribution >= 0.6 is 0 Å². The summed E-state index contributed by atoms with van der Waals surface area (Å²) in [4.78, 5) is 35.0. The van der Waals surface area contributed by atoms with E-state index in [0.29, 0.717) is 16.1 Å². The summed E-state index contributed by atoms with van der Waals surface area (Å²) in [7, 11) is 0. The predicted octanol–water partition coefficient (Wildman–Crippen LogP) is 0.175. The molecule has 1 aromatic heterocycles. The number of aromatic nitrogens is 1. The molecule has 2 heterocycles. The van der Waals surface area contributed by atoms with E-state index in [1.165, 1.54) is 15.7 Å². The summed E-state index contributed by atoms with van der Waals surface area (Å²) in [5.41, 5.74) is -0.330. The summed E-state index contributed by atoms with van der Waals surface area (Å²) in [6.45, 7) is 0. The number of amides is 2. The molecule has 2 aromatic rings. The molecule has 1 saturated heterocycles. The van der Waals surface area contributed by atoms with Crippen LogP contribution in [0.2, 0.25) is 0 Å². The van der Waals surface area contributed by atoms with Crippen LogP contribution in [0.5, 0.6) is 0 Å². The Morgan fingerprint density at radius 2 is 2.11 bits per heavy atom. The summed E-state index contributed by atoms with van der Waals surface area (Å²) in [6, 6.07) is 3.68. The zero-order valence-electron chi connectivity index (χ0n) is 9.68.